The fourth-order valence-corrected chi connectivity index (χ4v) is 3.60. The third-order valence-corrected chi connectivity index (χ3v) is 5.12. The van der Waals surface area contributed by atoms with Crippen molar-refractivity contribution in [3.63, 3.8) is 0 Å². The summed E-state index contributed by atoms with van der Waals surface area (Å²) in [5.74, 6) is -0.258. The van der Waals surface area contributed by atoms with Gasteiger partial charge in [-0.2, -0.15) is 5.10 Å². The minimum Gasteiger partial charge on any atom is -0.258 e. The SMILES string of the molecule is Cc1ccc(-c2nn(Cc3cccc(F)c3)c(-c3ccc(C)cc3)c2Cl)cc1. The van der Waals surface area contributed by atoms with Crippen molar-refractivity contribution in [2.75, 3.05) is 0 Å². The van der Waals surface area contributed by atoms with Gasteiger partial charge < -0.3 is 0 Å². The van der Waals surface area contributed by atoms with Crippen molar-refractivity contribution < 1.29 is 4.39 Å². The monoisotopic (exact) mass is 390 g/mol. The van der Waals surface area contributed by atoms with Gasteiger partial charge in [0.2, 0.25) is 0 Å². The third kappa shape index (κ3) is 3.71. The molecule has 1 aromatic heterocycles. The van der Waals surface area contributed by atoms with E-state index in [1.807, 2.05) is 61.0 Å². The minimum atomic E-state index is -0.258. The highest BCUT2D eigenvalue weighted by atomic mass is 35.5. The molecule has 0 atom stereocenters. The molecule has 0 bridgehead atoms. The first-order valence-corrected chi connectivity index (χ1v) is 9.54. The van der Waals surface area contributed by atoms with Crippen LogP contribution in [0.1, 0.15) is 16.7 Å². The van der Waals surface area contributed by atoms with E-state index in [1.165, 1.54) is 23.3 Å². The fourth-order valence-electron chi connectivity index (χ4n) is 3.25. The average Bonchev–Trinajstić information content (AvgIpc) is 2.99. The Kier molecular flexibility index (Phi) is 5.01. The molecule has 2 nitrogen and oxygen atoms in total. The molecule has 0 aliphatic rings. The Balaban J connectivity index is 1.86. The summed E-state index contributed by atoms with van der Waals surface area (Å²) in [5, 5.41) is 5.40. The summed E-state index contributed by atoms with van der Waals surface area (Å²) in [7, 11) is 0. The second-order valence-electron chi connectivity index (χ2n) is 7.03. The number of rotatable bonds is 4. The minimum absolute atomic E-state index is 0.258. The van der Waals surface area contributed by atoms with Gasteiger partial charge in [0, 0.05) is 11.1 Å². The first kappa shape index (κ1) is 18.5. The molecule has 0 unspecified atom stereocenters. The summed E-state index contributed by atoms with van der Waals surface area (Å²) < 4.78 is 15.5. The van der Waals surface area contributed by atoms with Crippen LogP contribution in [0.3, 0.4) is 0 Å². The molecule has 0 saturated carbocycles. The molecule has 4 heteroatoms. The summed E-state index contributed by atoms with van der Waals surface area (Å²) in [6, 6.07) is 22.9. The average molecular weight is 391 g/mol. The zero-order valence-corrected chi connectivity index (χ0v) is 16.5. The van der Waals surface area contributed by atoms with E-state index in [2.05, 4.69) is 12.1 Å². The van der Waals surface area contributed by atoms with E-state index in [0.29, 0.717) is 11.6 Å². The molecule has 0 aliphatic carbocycles. The quantitative estimate of drug-likeness (QED) is 0.380. The molecule has 0 spiro atoms. The topological polar surface area (TPSA) is 17.8 Å². The Labute approximate surface area is 169 Å². The predicted octanol–water partition coefficient (Wildman–Crippen LogP) is 6.67. The number of benzene rings is 3. The summed E-state index contributed by atoms with van der Waals surface area (Å²) >= 11 is 6.82. The van der Waals surface area contributed by atoms with Crippen LogP contribution in [0.5, 0.6) is 0 Å². The molecule has 1 heterocycles. The van der Waals surface area contributed by atoms with Gasteiger partial charge in [0.05, 0.1) is 17.3 Å². The van der Waals surface area contributed by atoms with Crippen molar-refractivity contribution in [1.82, 2.24) is 9.78 Å². The van der Waals surface area contributed by atoms with Crippen molar-refractivity contribution in [2.45, 2.75) is 20.4 Å². The Morgan fingerprint density at radius 1 is 0.857 bits per heavy atom. The van der Waals surface area contributed by atoms with E-state index in [9.17, 15) is 4.39 Å². The maximum absolute atomic E-state index is 13.7. The van der Waals surface area contributed by atoms with E-state index in [0.717, 1.165) is 28.1 Å². The summed E-state index contributed by atoms with van der Waals surface area (Å²) in [6.45, 7) is 4.53. The van der Waals surface area contributed by atoms with Crippen molar-refractivity contribution in [3.05, 3.63) is 100 Å². The van der Waals surface area contributed by atoms with Crippen molar-refractivity contribution in [3.8, 4) is 22.5 Å². The molecule has 0 aliphatic heterocycles. The lowest BCUT2D eigenvalue weighted by Gasteiger charge is -2.09. The largest absolute Gasteiger partial charge is 0.258 e. The van der Waals surface area contributed by atoms with E-state index in [1.54, 1.807) is 6.07 Å². The third-order valence-electron chi connectivity index (χ3n) is 4.77. The lowest BCUT2D eigenvalue weighted by molar-refractivity contribution is 0.620. The second-order valence-corrected chi connectivity index (χ2v) is 7.41. The smallest absolute Gasteiger partial charge is 0.123 e. The van der Waals surface area contributed by atoms with Gasteiger partial charge in [-0.05, 0) is 31.5 Å². The molecule has 0 saturated heterocycles. The zero-order valence-electron chi connectivity index (χ0n) is 15.8. The maximum Gasteiger partial charge on any atom is 0.123 e. The molecule has 0 fully saturated rings. The first-order valence-electron chi connectivity index (χ1n) is 9.16. The summed E-state index contributed by atoms with van der Waals surface area (Å²) in [5.41, 5.74) is 6.70. The number of aromatic nitrogens is 2. The molecule has 0 N–H and O–H groups in total. The molecule has 4 aromatic rings. The van der Waals surface area contributed by atoms with Gasteiger partial charge >= 0.3 is 0 Å². The van der Waals surface area contributed by atoms with Gasteiger partial charge in [0.15, 0.2) is 0 Å². The van der Waals surface area contributed by atoms with Gasteiger partial charge in [0.1, 0.15) is 11.5 Å². The molecule has 0 radical (unpaired) electrons. The van der Waals surface area contributed by atoms with E-state index >= 15 is 0 Å². The molecular formula is C24H20ClFN2. The Bertz CT molecular complexity index is 1110. The fraction of sp³-hybridized carbons (Fsp3) is 0.125. The summed E-state index contributed by atoms with van der Waals surface area (Å²) in [6.07, 6.45) is 0. The van der Waals surface area contributed by atoms with Crippen LogP contribution in [0.15, 0.2) is 72.8 Å². The van der Waals surface area contributed by atoms with Crippen LogP contribution in [0.25, 0.3) is 22.5 Å². The second kappa shape index (κ2) is 7.61. The number of hydrogen-bond donors (Lipinski definition) is 0. The predicted molar refractivity (Wildman–Crippen MR) is 113 cm³/mol. The zero-order chi connectivity index (χ0) is 19.7. The maximum atomic E-state index is 13.7. The molecular weight excluding hydrogens is 371 g/mol. The molecule has 140 valence electrons. The first-order chi connectivity index (χ1) is 13.5. The molecule has 4 rings (SSSR count). The lowest BCUT2D eigenvalue weighted by Crippen LogP contribution is -2.04. The standard InChI is InChI=1S/C24H20ClFN2/c1-16-6-10-19(11-7-16)23-22(25)24(20-12-8-17(2)9-13-20)28(27-23)15-18-4-3-5-21(26)14-18/h3-14H,15H2,1-2H3. The van der Waals surface area contributed by atoms with Crippen LogP contribution in [-0.4, -0.2) is 9.78 Å². The van der Waals surface area contributed by atoms with Crippen LogP contribution in [0, 0.1) is 19.7 Å². The van der Waals surface area contributed by atoms with E-state index in [-0.39, 0.29) is 5.82 Å². The Hall–Kier alpha value is -2.91. The van der Waals surface area contributed by atoms with Crippen LogP contribution in [-0.2, 0) is 6.54 Å². The van der Waals surface area contributed by atoms with Gasteiger partial charge in [-0.15, -0.1) is 0 Å². The van der Waals surface area contributed by atoms with Crippen molar-refractivity contribution >= 4 is 11.6 Å². The number of halogens is 2. The number of hydrogen-bond acceptors (Lipinski definition) is 1. The van der Waals surface area contributed by atoms with Crippen LogP contribution >= 0.6 is 11.6 Å². The molecule has 3 aromatic carbocycles. The van der Waals surface area contributed by atoms with Crippen LogP contribution in [0.4, 0.5) is 4.39 Å². The normalized spacial score (nSPS) is 11.0. The van der Waals surface area contributed by atoms with Crippen molar-refractivity contribution in [2.24, 2.45) is 0 Å². The van der Waals surface area contributed by atoms with Crippen molar-refractivity contribution in [1.29, 1.82) is 0 Å². The Morgan fingerprint density at radius 2 is 1.46 bits per heavy atom. The highest BCUT2D eigenvalue weighted by Crippen LogP contribution is 2.37. The van der Waals surface area contributed by atoms with Gasteiger partial charge in [0.25, 0.3) is 0 Å². The highest BCUT2D eigenvalue weighted by molar-refractivity contribution is 6.35. The van der Waals surface area contributed by atoms with Gasteiger partial charge in [-0.1, -0.05) is 83.4 Å². The van der Waals surface area contributed by atoms with Crippen LogP contribution in [0.2, 0.25) is 5.02 Å². The summed E-state index contributed by atoms with van der Waals surface area (Å²) in [4.78, 5) is 0. The van der Waals surface area contributed by atoms with E-state index in [4.69, 9.17) is 16.7 Å². The van der Waals surface area contributed by atoms with E-state index < -0.39 is 0 Å². The molecule has 0 amide bonds. The van der Waals surface area contributed by atoms with Gasteiger partial charge in [-0.25, -0.2) is 4.39 Å². The number of nitrogens with zero attached hydrogens (tertiary/aromatic N) is 2. The Morgan fingerprint density at radius 3 is 2.07 bits per heavy atom. The molecule has 28 heavy (non-hydrogen) atoms. The van der Waals surface area contributed by atoms with Crippen LogP contribution < -0.4 is 0 Å². The highest BCUT2D eigenvalue weighted by Gasteiger charge is 2.19. The lowest BCUT2D eigenvalue weighted by atomic mass is 10.1. The van der Waals surface area contributed by atoms with Gasteiger partial charge in [-0.3, -0.25) is 4.68 Å². The number of aryl methyl sites for hydroxylation is 2.